The number of carbonyl (C=O) groups is 1. The molecule has 1 amide bonds. The molecule has 0 unspecified atom stereocenters. The molecule has 0 aromatic carbocycles. The number of thioether (sulfide) groups is 1. The van der Waals surface area contributed by atoms with Gasteiger partial charge in [-0.25, -0.2) is 0 Å². The lowest BCUT2D eigenvalue weighted by Crippen LogP contribution is -2.50. The van der Waals surface area contributed by atoms with Gasteiger partial charge in [-0.15, -0.1) is 0 Å². The molecule has 0 rings (SSSR count). The summed E-state index contributed by atoms with van der Waals surface area (Å²) in [7, 11) is 0. The van der Waals surface area contributed by atoms with E-state index >= 15 is 0 Å². The van der Waals surface area contributed by atoms with Gasteiger partial charge in [0.15, 0.2) is 5.84 Å². The molecule has 0 heterocycles. The molecular weight excluding hydrogens is 274 g/mol. The molecule has 0 aliphatic heterocycles. The van der Waals surface area contributed by atoms with Crippen molar-refractivity contribution in [3.8, 4) is 0 Å². The summed E-state index contributed by atoms with van der Waals surface area (Å²) in [5, 5.41) is 15.0. The van der Waals surface area contributed by atoms with E-state index in [1.807, 2.05) is 13.8 Å². The monoisotopic (exact) mass is 303 g/mol. The second kappa shape index (κ2) is 10.8. The Balaban J connectivity index is 4.70. The van der Waals surface area contributed by atoms with Crippen LogP contribution in [0.2, 0.25) is 0 Å². The van der Waals surface area contributed by atoms with E-state index < -0.39 is 5.41 Å². The number of hydrogen-bond acceptors (Lipinski definition) is 4. The molecule has 0 aromatic heterocycles. The number of amides is 1. The second-order valence-corrected chi connectivity index (χ2v) is 6.01. The molecule has 5 nitrogen and oxygen atoms in total. The van der Waals surface area contributed by atoms with E-state index in [0.717, 1.165) is 31.4 Å². The lowest BCUT2D eigenvalue weighted by Gasteiger charge is -2.30. The molecule has 0 saturated carbocycles. The average molecular weight is 303 g/mol. The van der Waals surface area contributed by atoms with Crippen molar-refractivity contribution in [3.63, 3.8) is 0 Å². The van der Waals surface area contributed by atoms with Crippen LogP contribution in [0.5, 0.6) is 0 Å². The zero-order chi connectivity index (χ0) is 15.4. The van der Waals surface area contributed by atoms with Crippen molar-refractivity contribution in [2.45, 2.75) is 52.4 Å². The SMILES string of the molecule is CCCC(CCC)(C(=O)NCCCCSC)C(N)=NO. The molecule has 0 radical (unpaired) electrons. The highest BCUT2D eigenvalue weighted by Crippen LogP contribution is 2.30. The first-order valence-corrected chi connectivity index (χ1v) is 8.73. The predicted octanol–water partition coefficient (Wildman–Crippen LogP) is 2.58. The van der Waals surface area contributed by atoms with Crippen LogP contribution in [0, 0.1) is 5.41 Å². The zero-order valence-electron chi connectivity index (χ0n) is 12.9. The molecule has 0 fully saturated rings. The number of carbonyl (C=O) groups excluding carboxylic acids is 1. The normalized spacial score (nSPS) is 12.4. The fourth-order valence-corrected chi connectivity index (χ4v) is 2.91. The summed E-state index contributed by atoms with van der Waals surface area (Å²) in [5.41, 5.74) is 4.95. The highest BCUT2D eigenvalue weighted by Gasteiger charge is 2.41. The number of hydrogen-bond donors (Lipinski definition) is 3. The first-order chi connectivity index (χ1) is 9.58. The minimum Gasteiger partial charge on any atom is -0.409 e. The van der Waals surface area contributed by atoms with Gasteiger partial charge in [0.1, 0.15) is 5.41 Å². The summed E-state index contributed by atoms with van der Waals surface area (Å²) in [6.45, 7) is 4.65. The van der Waals surface area contributed by atoms with Crippen LogP contribution >= 0.6 is 11.8 Å². The van der Waals surface area contributed by atoms with Gasteiger partial charge in [-0.05, 0) is 37.7 Å². The molecule has 0 spiro atoms. The Morgan fingerprint density at radius 2 is 1.90 bits per heavy atom. The molecule has 0 saturated heterocycles. The Morgan fingerprint density at radius 3 is 2.35 bits per heavy atom. The lowest BCUT2D eigenvalue weighted by molar-refractivity contribution is -0.128. The van der Waals surface area contributed by atoms with Gasteiger partial charge in [-0.1, -0.05) is 31.8 Å². The molecule has 0 aliphatic rings. The van der Waals surface area contributed by atoms with Gasteiger partial charge in [0.25, 0.3) is 0 Å². The van der Waals surface area contributed by atoms with Crippen molar-refractivity contribution >= 4 is 23.5 Å². The van der Waals surface area contributed by atoms with E-state index in [4.69, 9.17) is 10.9 Å². The van der Waals surface area contributed by atoms with Crippen LogP contribution in [0.3, 0.4) is 0 Å². The van der Waals surface area contributed by atoms with Gasteiger partial charge < -0.3 is 16.3 Å². The maximum atomic E-state index is 12.5. The van der Waals surface area contributed by atoms with Gasteiger partial charge in [0, 0.05) is 6.54 Å². The number of amidine groups is 1. The largest absolute Gasteiger partial charge is 0.409 e. The Kier molecular flexibility index (Phi) is 10.3. The summed E-state index contributed by atoms with van der Waals surface area (Å²) in [6.07, 6.45) is 6.95. The number of nitrogens with zero attached hydrogens (tertiary/aromatic N) is 1. The third kappa shape index (κ3) is 5.61. The fraction of sp³-hybridized carbons (Fsp3) is 0.857. The molecule has 0 atom stereocenters. The van der Waals surface area contributed by atoms with Crippen molar-refractivity contribution in [2.24, 2.45) is 16.3 Å². The van der Waals surface area contributed by atoms with Crippen LogP contribution in [0.4, 0.5) is 0 Å². The van der Waals surface area contributed by atoms with Gasteiger partial charge in [0.2, 0.25) is 5.91 Å². The smallest absolute Gasteiger partial charge is 0.233 e. The van der Waals surface area contributed by atoms with Gasteiger partial charge >= 0.3 is 0 Å². The van der Waals surface area contributed by atoms with Gasteiger partial charge in [0.05, 0.1) is 0 Å². The summed E-state index contributed by atoms with van der Waals surface area (Å²) < 4.78 is 0. The summed E-state index contributed by atoms with van der Waals surface area (Å²) in [4.78, 5) is 12.5. The molecule has 4 N–H and O–H groups in total. The van der Waals surface area contributed by atoms with E-state index in [1.165, 1.54) is 0 Å². The standard InChI is InChI=1S/C14H29N3O2S/c1-4-8-14(9-5-2,12(15)17-19)13(18)16-10-6-7-11-20-3/h19H,4-11H2,1-3H3,(H2,15,17)(H,16,18). The van der Waals surface area contributed by atoms with Crippen LogP contribution in [0.25, 0.3) is 0 Å². The maximum Gasteiger partial charge on any atom is 0.233 e. The van der Waals surface area contributed by atoms with Crippen LogP contribution in [-0.2, 0) is 4.79 Å². The Hall–Kier alpha value is -0.910. The second-order valence-electron chi connectivity index (χ2n) is 5.02. The van der Waals surface area contributed by atoms with Crippen LogP contribution in [-0.4, -0.2) is 35.5 Å². The molecule has 20 heavy (non-hydrogen) atoms. The van der Waals surface area contributed by atoms with Crippen molar-refractivity contribution in [1.82, 2.24) is 5.32 Å². The highest BCUT2D eigenvalue weighted by atomic mass is 32.2. The van der Waals surface area contributed by atoms with E-state index in [0.29, 0.717) is 19.4 Å². The summed E-state index contributed by atoms with van der Waals surface area (Å²) >= 11 is 1.81. The first-order valence-electron chi connectivity index (χ1n) is 7.34. The first kappa shape index (κ1) is 19.1. The van der Waals surface area contributed by atoms with Gasteiger partial charge in [-0.3, -0.25) is 4.79 Å². The fourth-order valence-electron chi connectivity index (χ4n) is 2.42. The number of oxime groups is 1. The zero-order valence-corrected chi connectivity index (χ0v) is 13.8. The third-order valence-electron chi connectivity index (χ3n) is 3.45. The minimum absolute atomic E-state index is 0.0304. The molecule has 6 heteroatoms. The molecule has 0 bridgehead atoms. The van der Waals surface area contributed by atoms with Crippen molar-refractivity contribution in [3.05, 3.63) is 0 Å². The lowest BCUT2D eigenvalue weighted by atomic mass is 9.77. The summed E-state index contributed by atoms with van der Waals surface area (Å²) in [5.74, 6) is 1.02. The van der Waals surface area contributed by atoms with Crippen LogP contribution in [0.15, 0.2) is 5.16 Å². The van der Waals surface area contributed by atoms with E-state index in [-0.39, 0.29) is 11.7 Å². The highest BCUT2D eigenvalue weighted by molar-refractivity contribution is 7.98. The molecule has 0 aromatic rings. The van der Waals surface area contributed by atoms with E-state index in [9.17, 15) is 4.79 Å². The van der Waals surface area contributed by atoms with E-state index in [1.54, 1.807) is 11.8 Å². The van der Waals surface area contributed by atoms with E-state index in [2.05, 4.69) is 16.7 Å². The maximum absolute atomic E-state index is 12.5. The Morgan fingerprint density at radius 1 is 1.30 bits per heavy atom. The number of nitrogens with two attached hydrogens (primary N) is 1. The topological polar surface area (TPSA) is 87.7 Å². The number of nitrogens with one attached hydrogen (secondary N) is 1. The molecule has 118 valence electrons. The van der Waals surface area contributed by atoms with Crippen LogP contribution < -0.4 is 11.1 Å². The summed E-state index contributed by atoms with van der Waals surface area (Å²) in [6, 6.07) is 0. The van der Waals surface area contributed by atoms with Crippen molar-refractivity contribution < 1.29 is 10.0 Å². The third-order valence-corrected chi connectivity index (χ3v) is 4.14. The number of unbranched alkanes of at least 4 members (excludes halogenated alkanes) is 1. The van der Waals surface area contributed by atoms with Crippen LogP contribution in [0.1, 0.15) is 52.4 Å². The van der Waals surface area contributed by atoms with Crippen molar-refractivity contribution in [2.75, 3.05) is 18.6 Å². The number of rotatable bonds is 11. The van der Waals surface area contributed by atoms with Gasteiger partial charge in [-0.2, -0.15) is 11.8 Å². The average Bonchev–Trinajstić information content (AvgIpc) is 2.45. The quantitative estimate of drug-likeness (QED) is 0.180. The Labute approximate surface area is 126 Å². The van der Waals surface area contributed by atoms with Crippen molar-refractivity contribution in [1.29, 1.82) is 0 Å². The minimum atomic E-state index is -0.863. The molecule has 0 aliphatic carbocycles. The molecular formula is C14H29N3O2S. The predicted molar refractivity (Wildman–Crippen MR) is 86.3 cm³/mol. The Bertz CT molecular complexity index is 303.